The highest BCUT2D eigenvalue weighted by atomic mass is 32.2. The zero-order valence-corrected chi connectivity index (χ0v) is 14.3. The van der Waals surface area contributed by atoms with E-state index in [9.17, 15) is 0 Å². The lowest BCUT2D eigenvalue weighted by atomic mass is 10.1. The second-order valence-corrected chi connectivity index (χ2v) is 9.42. The van der Waals surface area contributed by atoms with Crippen molar-refractivity contribution >= 4 is 21.7 Å². The molecule has 0 saturated carbocycles. The molecule has 0 bridgehead atoms. The van der Waals surface area contributed by atoms with E-state index in [1.165, 1.54) is 34.3 Å². The summed E-state index contributed by atoms with van der Waals surface area (Å²) in [5.41, 5.74) is -0.160. The second kappa shape index (κ2) is 5.57. The van der Waals surface area contributed by atoms with Gasteiger partial charge in [0.25, 0.3) is 0 Å². The number of fused-ring (bicyclic) bond motifs is 1. The molecule has 1 nitrogen and oxygen atoms in total. The molecule has 0 aliphatic carbocycles. The van der Waals surface area contributed by atoms with E-state index in [0.29, 0.717) is 10.9 Å². The van der Waals surface area contributed by atoms with Crippen molar-refractivity contribution < 1.29 is 4.74 Å². The van der Waals surface area contributed by atoms with Crippen molar-refractivity contribution in [1.82, 2.24) is 0 Å². The molecule has 0 radical (unpaired) electrons. The smallest absolute Gasteiger partial charge is 0.163 e. The van der Waals surface area contributed by atoms with E-state index in [1.54, 1.807) is 0 Å². The maximum Gasteiger partial charge on any atom is 0.163 e. The zero-order chi connectivity index (χ0) is 15.0. The first-order valence-corrected chi connectivity index (χ1v) is 9.32. The summed E-state index contributed by atoms with van der Waals surface area (Å²) in [5, 5.41) is 3.47. The third-order valence-electron chi connectivity index (χ3n) is 4.00. The Labute approximate surface area is 131 Å². The SMILES string of the molecule is CC1CCC[S+]1c1ccc(OC(C)(C)C)c2ccccc12. The van der Waals surface area contributed by atoms with Crippen LogP contribution in [-0.2, 0) is 10.9 Å². The van der Waals surface area contributed by atoms with Crippen LogP contribution in [0.25, 0.3) is 10.8 Å². The van der Waals surface area contributed by atoms with Crippen LogP contribution in [0.4, 0.5) is 0 Å². The average Bonchev–Trinajstić information content (AvgIpc) is 2.84. The molecule has 21 heavy (non-hydrogen) atoms. The molecule has 1 aliphatic rings. The van der Waals surface area contributed by atoms with Crippen molar-refractivity contribution in [3.8, 4) is 5.75 Å². The average molecular weight is 301 g/mol. The van der Waals surface area contributed by atoms with Gasteiger partial charge in [-0.05, 0) is 58.7 Å². The molecule has 0 spiro atoms. The highest BCUT2D eigenvalue weighted by Crippen LogP contribution is 2.38. The predicted octanol–water partition coefficient (Wildman–Crippen LogP) is 5.18. The summed E-state index contributed by atoms with van der Waals surface area (Å²) in [5.74, 6) is 2.36. The first-order valence-electron chi connectivity index (χ1n) is 7.86. The van der Waals surface area contributed by atoms with Gasteiger partial charge in [-0.2, -0.15) is 0 Å². The van der Waals surface area contributed by atoms with Crippen LogP contribution < -0.4 is 4.74 Å². The molecule has 2 aromatic rings. The Bertz CT molecular complexity index is 642. The van der Waals surface area contributed by atoms with Crippen molar-refractivity contribution in [2.24, 2.45) is 0 Å². The van der Waals surface area contributed by atoms with Gasteiger partial charge in [-0.25, -0.2) is 0 Å². The van der Waals surface area contributed by atoms with Gasteiger partial charge in [0.15, 0.2) is 4.90 Å². The van der Waals surface area contributed by atoms with Gasteiger partial charge in [0.2, 0.25) is 0 Å². The van der Waals surface area contributed by atoms with Gasteiger partial charge in [0.1, 0.15) is 22.4 Å². The van der Waals surface area contributed by atoms with Crippen LogP contribution in [0.15, 0.2) is 41.3 Å². The molecule has 1 fully saturated rings. The summed E-state index contributed by atoms with van der Waals surface area (Å²) >= 11 is 0. The van der Waals surface area contributed by atoms with E-state index in [0.717, 1.165) is 11.0 Å². The fourth-order valence-electron chi connectivity index (χ4n) is 3.09. The number of benzene rings is 2. The number of ether oxygens (including phenoxy) is 1. The van der Waals surface area contributed by atoms with Crippen molar-refractivity contribution in [2.45, 2.75) is 56.3 Å². The van der Waals surface area contributed by atoms with E-state index >= 15 is 0 Å². The van der Waals surface area contributed by atoms with Crippen LogP contribution in [-0.4, -0.2) is 16.6 Å². The summed E-state index contributed by atoms with van der Waals surface area (Å²) in [6, 6.07) is 13.2. The fourth-order valence-corrected chi connectivity index (χ4v) is 5.78. The minimum Gasteiger partial charge on any atom is -0.488 e. The fraction of sp³-hybridized carbons (Fsp3) is 0.474. The number of rotatable bonds is 2. The molecule has 2 heteroatoms. The minimum atomic E-state index is -0.160. The maximum absolute atomic E-state index is 6.16. The summed E-state index contributed by atoms with van der Waals surface area (Å²) < 4.78 is 6.16. The lowest BCUT2D eigenvalue weighted by molar-refractivity contribution is 0.133. The second-order valence-electron chi connectivity index (χ2n) is 6.91. The molecular weight excluding hydrogens is 276 g/mol. The van der Waals surface area contributed by atoms with Crippen LogP contribution in [0.3, 0.4) is 0 Å². The lowest BCUT2D eigenvalue weighted by Crippen LogP contribution is -2.23. The first-order chi connectivity index (χ1) is 9.96. The predicted molar refractivity (Wildman–Crippen MR) is 93.5 cm³/mol. The third kappa shape index (κ3) is 3.06. The van der Waals surface area contributed by atoms with Gasteiger partial charge >= 0.3 is 0 Å². The van der Waals surface area contributed by atoms with Gasteiger partial charge < -0.3 is 4.74 Å². The van der Waals surface area contributed by atoms with Crippen molar-refractivity contribution in [3.05, 3.63) is 36.4 Å². The largest absolute Gasteiger partial charge is 0.488 e. The van der Waals surface area contributed by atoms with E-state index < -0.39 is 0 Å². The standard InChI is InChI=1S/C19H25OS/c1-14-8-7-13-21(14)18-12-11-17(20-19(2,3)4)15-9-5-6-10-16(15)18/h5-6,9-12,14H,7-8,13H2,1-4H3/q+1. The molecule has 0 amide bonds. The Kier molecular flexibility index (Phi) is 3.92. The Hall–Kier alpha value is -1.15. The summed E-state index contributed by atoms with van der Waals surface area (Å²) in [7, 11) is 0.403. The molecule has 0 N–H and O–H groups in total. The molecule has 3 rings (SSSR count). The molecule has 1 aliphatic heterocycles. The van der Waals surface area contributed by atoms with Gasteiger partial charge in [-0.15, -0.1) is 0 Å². The van der Waals surface area contributed by atoms with Crippen LogP contribution >= 0.6 is 0 Å². The highest BCUT2D eigenvalue weighted by molar-refractivity contribution is 7.97. The van der Waals surface area contributed by atoms with Crippen LogP contribution in [0.1, 0.15) is 40.5 Å². The Morgan fingerprint density at radius 2 is 1.76 bits per heavy atom. The Balaban J connectivity index is 2.10. The molecule has 2 unspecified atom stereocenters. The van der Waals surface area contributed by atoms with Gasteiger partial charge in [0.05, 0.1) is 0 Å². The van der Waals surface area contributed by atoms with Crippen LogP contribution in [0.5, 0.6) is 5.75 Å². The number of hydrogen-bond acceptors (Lipinski definition) is 1. The Morgan fingerprint density at radius 3 is 2.38 bits per heavy atom. The quantitative estimate of drug-likeness (QED) is 0.695. The summed E-state index contributed by atoms with van der Waals surface area (Å²) in [6.07, 6.45) is 2.75. The van der Waals surface area contributed by atoms with E-state index in [1.807, 2.05) is 0 Å². The normalized spacial score (nSPS) is 22.7. The van der Waals surface area contributed by atoms with Gasteiger partial charge in [-0.1, -0.05) is 18.2 Å². The van der Waals surface area contributed by atoms with E-state index in [4.69, 9.17) is 4.74 Å². The summed E-state index contributed by atoms with van der Waals surface area (Å²) in [6.45, 7) is 8.73. The summed E-state index contributed by atoms with van der Waals surface area (Å²) in [4.78, 5) is 1.54. The van der Waals surface area contributed by atoms with E-state index in [2.05, 4.69) is 64.1 Å². The minimum absolute atomic E-state index is 0.160. The molecule has 1 saturated heterocycles. The first kappa shape index (κ1) is 14.8. The monoisotopic (exact) mass is 301 g/mol. The highest BCUT2D eigenvalue weighted by Gasteiger charge is 2.36. The van der Waals surface area contributed by atoms with Gasteiger partial charge in [0, 0.05) is 21.7 Å². The molecule has 0 aromatic heterocycles. The van der Waals surface area contributed by atoms with Crippen LogP contribution in [0.2, 0.25) is 0 Å². The molecular formula is C19H25OS+. The third-order valence-corrected chi connectivity index (χ3v) is 6.86. The molecule has 2 atom stereocenters. The van der Waals surface area contributed by atoms with Crippen molar-refractivity contribution in [3.63, 3.8) is 0 Å². The lowest BCUT2D eigenvalue weighted by Gasteiger charge is -2.23. The Morgan fingerprint density at radius 1 is 1.05 bits per heavy atom. The molecule has 112 valence electrons. The maximum atomic E-state index is 6.16. The number of hydrogen-bond donors (Lipinski definition) is 0. The molecule has 2 aromatic carbocycles. The van der Waals surface area contributed by atoms with Gasteiger partial charge in [-0.3, -0.25) is 0 Å². The van der Waals surface area contributed by atoms with Crippen LogP contribution in [0, 0.1) is 0 Å². The topological polar surface area (TPSA) is 9.23 Å². The van der Waals surface area contributed by atoms with Crippen molar-refractivity contribution in [2.75, 3.05) is 5.75 Å². The van der Waals surface area contributed by atoms with E-state index in [-0.39, 0.29) is 5.60 Å². The zero-order valence-electron chi connectivity index (χ0n) is 13.5. The molecule has 1 heterocycles. The van der Waals surface area contributed by atoms with Crippen molar-refractivity contribution in [1.29, 1.82) is 0 Å².